The van der Waals surface area contributed by atoms with E-state index in [0.717, 1.165) is 17.7 Å². The largest absolute Gasteiger partial charge is 0.355 e. The molecule has 0 aromatic heterocycles. The Bertz CT molecular complexity index is 724. The van der Waals surface area contributed by atoms with Crippen molar-refractivity contribution in [3.05, 3.63) is 29.8 Å². The third-order valence-electron chi connectivity index (χ3n) is 4.56. The van der Waals surface area contributed by atoms with Crippen molar-refractivity contribution in [1.29, 1.82) is 0 Å². The van der Waals surface area contributed by atoms with E-state index in [0.29, 0.717) is 24.1 Å². The van der Waals surface area contributed by atoms with Gasteiger partial charge >= 0.3 is 6.03 Å². The molecule has 1 heterocycles. The average molecular weight is 374 g/mol. The number of urea groups is 1. The summed E-state index contributed by atoms with van der Waals surface area (Å²) in [4.78, 5) is 49.8. The Morgan fingerprint density at radius 2 is 1.67 bits per heavy atom. The molecule has 3 N–H and O–H groups in total. The lowest BCUT2D eigenvalue weighted by Gasteiger charge is -2.25. The second kappa shape index (κ2) is 8.66. The molecule has 0 atom stereocenters. The van der Waals surface area contributed by atoms with Gasteiger partial charge in [0.1, 0.15) is 12.1 Å². The van der Waals surface area contributed by atoms with E-state index in [1.54, 1.807) is 24.3 Å². The van der Waals surface area contributed by atoms with Crippen molar-refractivity contribution in [3.8, 4) is 0 Å². The van der Waals surface area contributed by atoms with Crippen LogP contribution < -0.4 is 16.0 Å². The Hall–Kier alpha value is -2.90. The summed E-state index contributed by atoms with van der Waals surface area (Å²) in [6.45, 7) is 3.56. The molecule has 5 amide bonds. The van der Waals surface area contributed by atoms with Crippen LogP contribution in [0.5, 0.6) is 0 Å². The molecule has 2 rings (SSSR count). The highest BCUT2D eigenvalue weighted by Crippen LogP contribution is 2.28. The number of anilines is 1. The van der Waals surface area contributed by atoms with Gasteiger partial charge in [0.15, 0.2) is 0 Å². The van der Waals surface area contributed by atoms with Crippen LogP contribution in [0, 0.1) is 0 Å². The quantitative estimate of drug-likeness (QED) is 0.604. The van der Waals surface area contributed by atoms with Crippen LogP contribution in [0.25, 0.3) is 0 Å². The van der Waals surface area contributed by atoms with E-state index in [9.17, 15) is 19.2 Å². The number of carbonyl (C=O) groups excluding carboxylic acids is 4. The minimum Gasteiger partial charge on any atom is -0.355 e. The molecule has 146 valence electrons. The first-order valence-corrected chi connectivity index (χ1v) is 9.13. The molecule has 1 aliphatic rings. The Morgan fingerprint density at radius 1 is 1.07 bits per heavy atom. The lowest BCUT2D eigenvalue weighted by molar-refractivity contribution is -0.134. The van der Waals surface area contributed by atoms with Gasteiger partial charge in [-0.1, -0.05) is 26.7 Å². The summed E-state index contributed by atoms with van der Waals surface area (Å²) in [7, 11) is 1.53. The molecule has 0 spiro atoms. The van der Waals surface area contributed by atoms with Crippen molar-refractivity contribution in [2.24, 2.45) is 0 Å². The van der Waals surface area contributed by atoms with E-state index in [1.807, 2.05) is 13.8 Å². The van der Waals surface area contributed by atoms with E-state index in [4.69, 9.17) is 0 Å². The molecule has 0 bridgehead atoms. The van der Waals surface area contributed by atoms with E-state index in [2.05, 4.69) is 16.0 Å². The SMILES string of the molecule is CCCC1(CCC)NC(=O)N(CC(=O)Nc2ccc(C(=O)NC)cc2)C1=O. The fourth-order valence-corrected chi connectivity index (χ4v) is 3.33. The Balaban J connectivity index is 2.03. The summed E-state index contributed by atoms with van der Waals surface area (Å²) < 4.78 is 0. The first-order chi connectivity index (χ1) is 12.9. The number of amides is 5. The Morgan fingerprint density at radius 3 is 2.19 bits per heavy atom. The van der Waals surface area contributed by atoms with E-state index in [1.165, 1.54) is 7.05 Å². The van der Waals surface area contributed by atoms with Crippen LogP contribution in [0.15, 0.2) is 24.3 Å². The van der Waals surface area contributed by atoms with Crippen LogP contribution in [0.1, 0.15) is 49.9 Å². The minimum atomic E-state index is -0.907. The molecule has 1 aromatic rings. The van der Waals surface area contributed by atoms with Crippen molar-refractivity contribution < 1.29 is 19.2 Å². The van der Waals surface area contributed by atoms with Gasteiger partial charge in [-0.05, 0) is 37.1 Å². The average Bonchev–Trinajstić information content (AvgIpc) is 2.86. The predicted molar refractivity (Wildman–Crippen MR) is 101 cm³/mol. The number of benzene rings is 1. The van der Waals surface area contributed by atoms with Gasteiger partial charge in [-0.15, -0.1) is 0 Å². The van der Waals surface area contributed by atoms with Crippen LogP contribution in [0.2, 0.25) is 0 Å². The molecule has 0 unspecified atom stereocenters. The summed E-state index contributed by atoms with van der Waals surface area (Å²) in [5, 5.41) is 7.93. The lowest BCUT2D eigenvalue weighted by atomic mass is 9.88. The first kappa shape index (κ1) is 20.4. The van der Waals surface area contributed by atoms with Crippen LogP contribution in [-0.4, -0.2) is 47.8 Å². The van der Waals surface area contributed by atoms with Crippen LogP contribution >= 0.6 is 0 Å². The third kappa shape index (κ3) is 4.45. The van der Waals surface area contributed by atoms with Crippen LogP contribution in [0.4, 0.5) is 10.5 Å². The normalized spacial score (nSPS) is 15.4. The monoisotopic (exact) mass is 374 g/mol. The molecular weight excluding hydrogens is 348 g/mol. The standard InChI is InChI=1S/C19H26N4O4/c1-4-10-19(11-5-2)17(26)23(18(27)22-19)12-15(24)21-14-8-6-13(7-9-14)16(25)20-3/h6-9H,4-5,10-12H2,1-3H3,(H,20,25)(H,21,24)(H,22,27). The topological polar surface area (TPSA) is 108 Å². The zero-order chi connectivity index (χ0) is 20.0. The first-order valence-electron chi connectivity index (χ1n) is 9.13. The smallest absolute Gasteiger partial charge is 0.325 e. The number of carbonyl (C=O) groups is 4. The minimum absolute atomic E-state index is 0.226. The highest BCUT2D eigenvalue weighted by atomic mass is 16.2. The van der Waals surface area contributed by atoms with Crippen molar-refractivity contribution in [2.75, 3.05) is 18.9 Å². The van der Waals surface area contributed by atoms with Gasteiger partial charge in [0, 0.05) is 18.3 Å². The molecule has 1 saturated heterocycles. The number of hydrogen-bond acceptors (Lipinski definition) is 4. The molecular formula is C19H26N4O4. The molecule has 8 heteroatoms. The van der Waals surface area contributed by atoms with Crippen molar-refractivity contribution in [3.63, 3.8) is 0 Å². The zero-order valence-electron chi connectivity index (χ0n) is 15.9. The van der Waals surface area contributed by atoms with Gasteiger partial charge < -0.3 is 16.0 Å². The van der Waals surface area contributed by atoms with Gasteiger partial charge in [0.05, 0.1) is 0 Å². The van der Waals surface area contributed by atoms with E-state index in [-0.39, 0.29) is 18.4 Å². The fraction of sp³-hybridized carbons (Fsp3) is 0.474. The zero-order valence-corrected chi connectivity index (χ0v) is 15.9. The number of nitrogens with zero attached hydrogens (tertiary/aromatic N) is 1. The lowest BCUT2D eigenvalue weighted by Crippen LogP contribution is -2.47. The fourth-order valence-electron chi connectivity index (χ4n) is 3.33. The highest BCUT2D eigenvalue weighted by Gasteiger charge is 2.50. The van der Waals surface area contributed by atoms with Gasteiger partial charge in [-0.3, -0.25) is 19.3 Å². The Kier molecular flexibility index (Phi) is 6.55. The number of imide groups is 1. The van der Waals surface area contributed by atoms with Gasteiger partial charge in [-0.2, -0.15) is 0 Å². The summed E-state index contributed by atoms with van der Waals surface area (Å²) in [5.74, 6) is -1.05. The summed E-state index contributed by atoms with van der Waals surface area (Å²) >= 11 is 0. The maximum atomic E-state index is 12.8. The number of nitrogens with one attached hydrogen (secondary N) is 3. The van der Waals surface area contributed by atoms with Crippen molar-refractivity contribution in [1.82, 2.24) is 15.5 Å². The predicted octanol–water partition coefficient (Wildman–Crippen LogP) is 1.88. The summed E-state index contributed by atoms with van der Waals surface area (Å²) in [5.41, 5.74) is 0.0392. The number of hydrogen-bond donors (Lipinski definition) is 3. The third-order valence-corrected chi connectivity index (χ3v) is 4.56. The van der Waals surface area contributed by atoms with Gasteiger partial charge in [0.2, 0.25) is 5.91 Å². The Labute approximate surface area is 158 Å². The second-order valence-corrected chi connectivity index (χ2v) is 6.61. The molecule has 1 aromatic carbocycles. The summed E-state index contributed by atoms with van der Waals surface area (Å²) in [6.07, 6.45) is 2.60. The highest BCUT2D eigenvalue weighted by molar-refractivity contribution is 6.10. The van der Waals surface area contributed by atoms with E-state index >= 15 is 0 Å². The molecule has 0 saturated carbocycles. The molecule has 0 aliphatic carbocycles. The van der Waals surface area contributed by atoms with Gasteiger partial charge in [0.25, 0.3) is 11.8 Å². The molecule has 27 heavy (non-hydrogen) atoms. The molecule has 8 nitrogen and oxygen atoms in total. The van der Waals surface area contributed by atoms with Gasteiger partial charge in [-0.25, -0.2) is 4.79 Å². The second-order valence-electron chi connectivity index (χ2n) is 6.61. The summed E-state index contributed by atoms with van der Waals surface area (Å²) in [6, 6.07) is 5.80. The number of rotatable bonds is 8. The van der Waals surface area contributed by atoms with Crippen molar-refractivity contribution in [2.45, 2.75) is 45.1 Å². The maximum Gasteiger partial charge on any atom is 0.325 e. The molecule has 0 radical (unpaired) electrons. The van der Waals surface area contributed by atoms with E-state index < -0.39 is 17.5 Å². The van der Waals surface area contributed by atoms with Crippen LogP contribution in [-0.2, 0) is 9.59 Å². The molecule has 1 fully saturated rings. The van der Waals surface area contributed by atoms with Crippen molar-refractivity contribution >= 4 is 29.4 Å². The maximum absolute atomic E-state index is 12.8. The van der Waals surface area contributed by atoms with Crippen LogP contribution in [0.3, 0.4) is 0 Å². The molecule has 1 aliphatic heterocycles.